The van der Waals surface area contributed by atoms with Gasteiger partial charge in [0.15, 0.2) is 0 Å². The number of hydrogen-bond acceptors (Lipinski definition) is 2. The molecule has 0 atom stereocenters. The van der Waals surface area contributed by atoms with Gasteiger partial charge in [0, 0.05) is 47.2 Å². The normalized spacial score (nSPS) is 10.4. The lowest BCUT2D eigenvalue weighted by atomic mass is 10.2. The van der Waals surface area contributed by atoms with Crippen LogP contribution in [0.2, 0.25) is 0 Å². The number of rotatable bonds is 4. The number of aromatic nitrogens is 2. The Morgan fingerprint density at radius 3 is 2.70 bits per heavy atom. The molecule has 0 saturated heterocycles. The summed E-state index contributed by atoms with van der Waals surface area (Å²) >= 11 is 3.43. The molecule has 0 unspecified atom stereocenters. The highest BCUT2D eigenvalue weighted by Crippen LogP contribution is 2.16. The quantitative estimate of drug-likeness (QED) is 0.776. The molecule has 2 aromatic heterocycles. The fraction of sp³-hybridized carbons (Fsp3) is 0.0625. The molecule has 0 radical (unpaired) electrons. The first-order chi connectivity index (χ1) is 9.81. The first kappa shape index (κ1) is 12.9. The highest BCUT2D eigenvalue weighted by atomic mass is 79.9. The molecule has 0 saturated carbocycles. The lowest BCUT2D eigenvalue weighted by molar-refractivity contribution is 1.07. The van der Waals surface area contributed by atoms with Crippen LogP contribution in [-0.2, 0) is 6.54 Å². The van der Waals surface area contributed by atoms with Crippen molar-refractivity contribution in [3.8, 4) is 5.69 Å². The SMILES string of the molecule is Brc1cncc(CNc2cccc(-n3cccc3)c2)c1. The van der Waals surface area contributed by atoms with Crippen molar-refractivity contribution >= 4 is 21.6 Å². The molecular weight excluding hydrogens is 314 g/mol. The van der Waals surface area contributed by atoms with E-state index in [1.807, 2.05) is 30.7 Å². The zero-order chi connectivity index (χ0) is 13.8. The van der Waals surface area contributed by atoms with Crippen molar-refractivity contribution in [1.82, 2.24) is 9.55 Å². The fourth-order valence-electron chi connectivity index (χ4n) is 2.04. The second-order valence-electron chi connectivity index (χ2n) is 4.51. The van der Waals surface area contributed by atoms with Gasteiger partial charge in [0.05, 0.1) is 0 Å². The largest absolute Gasteiger partial charge is 0.381 e. The van der Waals surface area contributed by atoms with Crippen molar-refractivity contribution in [1.29, 1.82) is 0 Å². The summed E-state index contributed by atoms with van der Waals surface area (Å²) in [6.07, 6.45) is 7.73. The minimum Gasteiger partial charge on any atom is -0.381 e. The second-order valence-corrected chi connectivity index (χ2v) is 5.42. The molecule has 100 valence electrons. The number of pyridine rings is 1. The summed E-state index contributed by atoms with van der Waals surface area (Å²) in [6.45, 7) is 0.752. The van der Waals surface area contributed by atoms with Crippen LogP contribution in [0.3, 0.4) is 0 Å². The number of halogens is 1. The molecule has 20 heavy (non-hydrogen) atoms. The maximum Gasteiger partial charge on any atom is 0.0469 e. The van der Waals surface area contributed by atoms with E-state index in [0.717, 1.165) is 28.0 Å². The van der Waals surface area contributed by atoms with Gasteiger partial charge in [-0.2, -0.15) is 0 Å². The van der Waals surface area contributed by atoms with Gasteiger partial charge in [-0.15, -0.1) is 0 Å². The molecule has 0 aliphatic rings. The summed E-state index contributed by atoms with van der Waals surface area (Å²) in [4.78, 5) is 4.16. The van der Waals surface area contributed by atoms with Crippen LogP contribution in [0.4, 0.5) is 5.69 Å². The van der Waals surface area contributed by atoms with Crippen molar-refractivity contribution in [3.63, 3.8) is 0 Å². The predicted molar refractivity (Wildman–Crippen MR) is 85.0 cm³/mol. The summed E-state index contributed by atoms with van der Waals surface area (Å²) in [7, 11) is 0. The zero-order valence-electron chi connectivity index (χ0n) is 10.8. The Hall–Kier alpha value is -2.07. The average Bonchev–Trinajstić information content (AvgIpc) is 3.00. The molecule has 3 aromatic rings. The second kappa shape index (κ2) is 5.92. The first-order valence-corrected chi connectivity index (χ1v) is 7.17. The molecule has 0 aliphatic heterocycles. The summed E-state index contributed by atoms with van der Waals surface area (Å²) in [5.74, 6) is 0. The van der Waals surface area contributed by atoms with Crippen molar-refractivity contribution in [2.24, 2.45) is 0 Å². The Morgan fingerprint density at radius 2 is 1.90 bits per heavy atom. The molecule has 2 heterocycles. The summed E-state index contributed by atoms with van der Waals surface area (Å²) in [5.41, 5.74) is 3.38. The van der Waals surface area contributed by atoms with E-state index in [0.29, 0.717) is 0 Å². The highest BCUT2D eigenvalue weighted by molar-refractivity contribution is 9.10. The molecule has 0 bridgehead atoms. The first-order valence-electron chi connectivity index (χ1n) is 6.38. The number of nitrogens with zero attached hydrogens (tertiary/aromatic N) is 2. The van der Waals surface area contributed by atoms with Crippen LogP contribution >= 0.6 is 15.9 Å². The Balaban J connectivity index is 1.73. The molecule has 0 spiro atoms. The summed E-state index contributed by atoms with van der Waals surface area (Å²) < 4.78 is 3.09. The van der Waals surface area contributed by atoms with Crippen LogP contribution in [0.15, 0.2) is 71.7 Å². The molecule has 0 aliphatic carbocycles. The molecule has 4 heteroatoms. The number of benzene rings is 1. The van der Waals surface area contributed by atoms with Crippen molar-refractivity contribution in [2.75, 3.05) is 5.32 Å². The van der Waals surface area contributed by atoms with Crippen LogP contribution < -0.4 is 5.32 Å². The van der Waals surface area contributed by atoms with E-state index in [-0.39, 0.29) is 0 Å². The maximum absolute atomic E-state index is 4.16. The monoisotopic (exact) mass is 327 g/mol. The van der Waals surface area contributed by atoms with Crippen LogP contribution in [0.1, 0.15) is 5.56 Å². The van der Waals surface area contributed by atoms with Crippen LogP contribution in [0.25, 0.3) is 5.69 Å². The topological polar surface area (TPSA) is 29.9 Å². The standard InChI is InChI=1S/C16H14BrN3/c17-14-8-13(10-18-12-14)11-19-15-4-3-5-16(9-15)20-6-1-2-7-20/h1-10,12,19H,11H2. The molecular formula is C16H14BrN3. The molecule has 0 amide bonds. The third-order valence-electron chi connectivity index (χ3n) is 3.01. The highest BCUT2D eigenvalue weighted by Gasteiger charge is 1.99. The molecule has 3 rings (SSSR count). The predicted octanol–water partition coefficient (Wildman–Crippen LogP) is 4.25. The van der Waals surface area contributed by atoms with E-state index in [2.05, 4.69) is 61.1 Å². The zero-order valence-corrected chi connectivity index (χ0v) is 12.4. The number of anilines is 1. The molecule has 1 N–H and O–H groups in total. The van der Waals surface area contributed by atoms with Crippen LogP contribution in [0, 0.1) is 0 Å². The minimum atomic E-state index is 0.752. The van der Waals surface area contributed by atoms with Crippen molar-refractivity contribution < 1.29 is 0 Å². The van der Waals surface area contributed by atoms with E-state index in [9.17, 15) is 0 Å². The lowest BCUT2D eigenvalue weighted by Crippen LogP contribution is -2.00. The molecule has 3 nitrogen and oxygen atoms in total. The Kier molecular flexibility index (Phi) is 3.83. The summed E-state index contributed by atoms with van der Waals surface area (Å²) in [6, 6.07) is 14.4. The van der Waals surface area contributed by atoms with Gasteiger partial charge in [0.25, 0.3) is 0 Å². The summed E-state index contributed by atoms with van der Waals surface area (Å²) in [5, 5.41) is 3.42. The van der Waals surface area contributed by atoms with Gasteiger partial charge in [0.1, 0.15) is 0 Å². The van der Waals surface area contributed by atoms with Gasteiger partial charge in [-0.1, -0.05) is 6.07 Å². The van der Waals surface area contributed by atoms with E-state index in [1.54, 1.807) is 6.20 Å². The number of nitrogens with one attached hydrogen (secondary N) is 1. The lowest BCUT2D eigenvalue weighted by Gasteiger charge is -2.09. The van der Waals surface area contributed by atoms with Crippen LogP contribution in [0.5, 0.6) is 0 Å². The fourth-order valence-corrected chi connectivity index (χ4v) is 2.45. The minimum absolute atomic E-state index is 0.752. The van der Waals surface area contributed by atoms with E-state index in [1.165, 1.54) is 0 Å². The Bertz CT molecular complexity index is 692. The Labute approximate surface area is 126 Å². The van der Waals surface area contributed by atoms with E-state index in [4.69, 9.17) is 0 Å². The molecule has 0 fully saturated rings. The van der Waals surface area contributed by atoms with Gasteiger partial charge < -0.3 is 9.88 Å². The third-order valence-corrected chi connectivity index (χ3v) is 3.44. The van der Waals surface area contributed by atoms with E-state index >= 15 is 0 Å². The van der Waals surface area contributed by atoms with Gasteiger partial charge in [0.2, 0.25) is 0 Å². The number of hydrogen-bond donors (Lipinski definition) is 1. The van der Waals surface area contributed by atoms with Crippen molar-refractivity contribution in [2.45, 2.75) is 6.54 Å². The third kappa shape index (κ3) is 3.08. The van der Waals surface area contributed by atoms with E-state index < -0.39 is 0 Å². The Morgan fingerprint density at radius 1 is 1.05 bits per heavy atom. The maximum atomic E-state index is 4.16. The van der Waals surface area contributed by atoms with Crippen LogP contribution in [-0.4, -0.2) is 9.55 Å². The average molecular weight is 328 g/mol. The molecule has 1 aromatic carbocycles. The van der Waals surface area contributed by atoms with Gasteiger partial charge in [-0.05, 0) is 57.9 Å². The van der Waals surface area contributed by atoms with Crippen molar-refractivity contribution in [3.05, 3.63) is 77.3 Å². The smallest absolute Gasteiger partial charge is 0.0469 e. The van der Waals surface area contributed by atoms with Gasteiger partial charge in [-0.3, -0.25) is 4.98 Å². The van der Waals surface area contributed by atoms with Gasteiger partial charge >= 0.3 is 0 Å². The van der Waals surface area contributed by atoms with Gasteiger partial charge in [-0.25, -0.2) is 0 Å².